The molecule has 0 saturated carbocycles. The minimum atomic E-state index is -0.222. The van der Waals surface area contributed by atoms with Crippen molar-refractivity contribution < 1.29 is 13.9 Å². The number of benzene rings is 1. The number of nitrogens with one attached hydrogen (secondary N) is 1. The van der Waals surface area contributed by atoms with Crippen LogP contribution in [0.3, 0.4) is 0 Å². The predicted molar refractivity (Wildman–Crippen MR) is 64.2 cm³/mol. The molecule has 0 aliphatic rings. The van der Waals surface area contributed by atoms with Gasteiger partial charge in [0.15, 0.2) is 0 Å². The van der Waals surface area contributed by atoms with E-state index in [4.69, 9.17) is 0 Å². The normalized spacial score (nSPS) is 12.2. The van der Waals surface area contributed by atoms with Gasteiger partial charge in [0.2, 0.25) is 0 Å². The average Bonchev–Trinajstić information content (AvgIpc) is 2.32. The monoisotopic (exact) mass is 239 g/mol. The maximum atomic E-state index is 12.7. The van der Waals surface area contributed by atoms with Gasteiger partial charge in [-0.25, -0.2) is 4.39 Å². The number of hydrogen-bond donors (Lipinski definition) is 1. The Morgan fingerprint density at radius 3 is 2.65 bits per heavy atom. The van der Waals surface area contributed by atoms with Crippen LogP contribution in [0.15, 0.2) is 24.3 Å². The molecule has 1 N–H and O–H groups in total. The van der Waals surface area contributed by atoms with Crippen molar-refractivity contribution in [3.63, 3.8) is 0 Å². The van der Waals surface area contributed by atoms with Crippen LogP contribution in [-0.2, 0) is 16.0 Å². The molecule has 0 bridgehead atoms. The van der Waals surface area contributed by atoms with E-state index in [9.17, 15) is 9.18 Å². The minimum Gasteiger partial charge on any atom is -0.469 e. The zero-order chi connectivity index (χ0) is 12.7. The number of carbonyl (C=O) groups excluding carboxylic acids is 1. The van der Waals surface area contributed by atoms with E-state index in [1.54, 1.807) is 12.1 Å². The van der Waals surface area contributed by atoms with Gasteiger partial charge in [-0.3, -0.25) is 4.79 Å². The van der Waals surface area contributed by atoms with Crippen LogP contribution in [0.1, 0.15) is 18.9 Å². The van der Waals surface area contributed by atoms with Crippen LogP contribution < -0.4 is 5.32 Å². The fraction of sp³-hybridized carbons (Fsp3) is 0.462. The molecular weight excluding hydrogens is 221 g/mol. The van der Waals surface area contributed by atoms with E-state index >= 15 is 0 Å². The van der Waals surface area contributed by atoms with Gasteiger partial charge in [-0.1, -0.05) is 12.1 Å². The molecule has 0 heterocycles. The molecule has 1 atom stereocenters. The first-order valence-corrected chi connectivity index (χ1v) is 5.66. The van der Waals surface area contributed by atoms with Gasteiger partial charge in [-0.05, 0) is 31.0 Å². The van der Waals surface area contributed by atoms with Crippen LogP contribution in [0.5, 0.6) is 0 Å². The lowest BCUT2D eigenvalue weighted by Crippen LogP contribution is -2.30. The van der Waals surface area contributed by atoms with E-state index in [2.05, 4.69) is 10.1 Å². The van der Waals surface area contributed by atoms with Gasteiger partial charge in [0.1, 0.15) is 5.82 Å². The van der Waals surface area contributed by atoms with Crippen LogP contribution in [0.2, 0.25) is 0 Å². The van der Waals surface area contributed by atoms with Gasteiger partial charge in [0.25, 0.3) is 0 Å². The molecule has 0 amide bonds. The third kappa shape index (κ3) is 5.45. The number of hydrogen-bond acceptors (Lipinski definition) is 3. The Kier molecular flexibility index (Phi) is 5.63. The highest BCUT2D eigenvalue weighted by atomic mass is 19.1. The second-order valence-electron chi connectivity index (χ2n) is 4.01. The summed E-state index contributed by atoms with van der Waals surface area (Å²) < 4.78 is 17.2. The van der Waals surface area contributed by atoms with Crippen LogP contribution in [0, 0.1) is 5.82 Å². The van der Waals surface area contributed by atoms with Crippen molar-refractivity contribution in [2.24, 2.45) is 0 Å². The summed E-state index contributed by atoms with van der Waals surface area (Å²) in [7, 11) is 1.38. The Bertz CT molecular complexity index is 351. The van der Waals surface area contributed by atoms with Crippen molar-refractivity contribution >= 4 is 5.97 Å². The second kappa shape index (κ2) is 7.01. The summed E-state index contributed by atoms with van der Waals surface area (Å²) in [6, 6.07) is 6.69. The highest BCUT2D eigenvalue weighted by molar-refractivity contribution is 5.69. The van der Waals surface area contributed by atoms with Crippen molar-refractivity contribution in [2.75, 3.05) is 13.7 Å². The molecule has 0 aromatic heterocycles. The molecule has 17 heavy (non-hydrogen) atoms. The van der Waals surface area contributed by atoms with Gasteiger partial charge in [-0.2, -0.15) is 0 Å². The zero-order valence-electron chi connectivity index (χ0n) is 10.2. The standard InChI is InChI=1S/C13H18FNO2/c1-10(15-8-7-13(16)17-2)9-11-3-5-12(14)6-4-11/h3-6,10,15H,7-9H2,1-2H3. The summed E-state index contributed by atoms with van der Waals surface area (Å²) >= 11 is 0. The van der Waals surface area contributed by atoms with Crippen LogP contribution >= 0.6 is 0 Å². The van der Waals surface area contributed by atoms with Gasteiger partial charge in [0, 0.05) is 12.6 Å². The Hall–Kier alpha value is -1.42. The molecule has 94 valence electrons. The Morgan fingerprint density at radius 2 is 2.06 bits per heavy atom. The predicted octanol–water partition coefficient (Wildman–Crippen LogP) is 1.91. The molecule has 1 rings (SSSR count). The lowest BCUT2D eigenvalue weighted by molar-refractivity contribution is -0.140. The Morgan fingerprint density at radius 1 is 1.41 bits per heavy atom. The molecule has 1 aromatic rings. The first-order chi connectivity index (χ1) is 8.11. The van der Waals surface area contributed by atoms with E-state index in [1.807, 2.05) is 6.92 Å². The molecule has 0 fully saturated rings. The van der Waals surface area contributed by atoms with E-state index < -0.39 is 0 Å². The van der Waals surface area contributed by atoms with E-state index in [1.165, 1.54) is 19.2 Å². The molecule has 0 aliphatic heterocycles. The largest absolute Gasteiger partial charge is 0.469 e. The van der Waals surface area contributed by atoms with Crippen LogP contribution in [0.25, 0.3) is 0 Å². The first-order valence-electron chi connectivity index (χ1n) is 5.66. The third-order valence-corrected chi connectivity index (χ3v) is 2.50. The summed E-state index contributed by atoms with van der Waals surface area (Å²) in [4.78, 5) is 10.9. The number of esters is 1. The number of halogens is 1. The Balaban J connectivity index is 2.27. The third-order valence-electron chi connectivity index (χ3n) is 2.50. The first kappa shape index (κ1) is 13.6. The molecule has 0 spiro atoms. The molecule has 3 nitrogen and oxygen atoms in total. The van der Waals surface area contributed by atoms with Crippen molar-refractivity contribution in [1.29, 1.82) is 0 Å². The van der Waals surface area contributed by atoms with Gasteiger partial charge < -0.3 is 10.1 Å². The van der Waals surface area contributed by atoms with Crippen LogP contribution in [-0.4, -0.2) is 25.7 Å². The molecule has 1 aromatic carbocycles. The molecule has 1 unspecified atom stereocenters. The Labute approximate surface area is 101 Å². The highest BCUT2D eigenvalue weighted by Crippen LogP contribution is 2.05. The van der Waals surface area contributed by atoms with Crippen molar-refractivity contribution in [3.8, 4) is 0 Å². The maximum Gasteiger partial charge on any atom is 0.306 e. The number of rotatable bonds is 6. The van der Waals surface area contributed by atoms with Gasteiger partial charge in [0.05, 0.1) is 13.5 Å². The lowest BCUT2D eigenvalue weighted by atomic mass is 10.1. The lowest BCUT2D eigenvalue weighted by Gasteiger charge is -2.13. The number of carbonyl (C=O) groups is 1. The topological polar surface area (TPSA) is 38.3 Å². The summed E-state index contributed by atoms with van der Waals surface area (Å²) in [6.07, 6.45) is 1.17. The second-order valence-corrected chi connectivity index (χ2v) is 4.01. The summed E-state index contributed by atoms with van der Waals surface area (Å²) in [5.74, 6) is -0.438. The molecule has 0 saturated heterocycles. The molecule has 0 aliphatic carbocycles. The van der Waals surface area contributed by atoms with Crippen molar-refractivity contribution in [1.82, 2.24) is 5.32 Å². The fourth-order valence-electron chi connectivity index (χ4n) is 1.57. The van der Waals surface area contributed by atoms with E-state index in [-0.39, 0.29) is 17.8 Å². The quantitative estimate of drug-likeness (QED) is 0.771. The van der Waals surface area contributed by atoms with Crippen LogP contribution in [0.4, 0.5) is 4.39 Å². The van der Waals surface area contributed by atoms with Gasteiger partial charge in [-0.15, -0.1) is 0 Å². The maximum absolute atomic E-state index is 12.7. The number of ether oxygens (including phenoxy) is 1. The van der Waals surface area contributed by atoms with Crippen molar-refractivity contribution in [3.05, 3.63) is 35.6 Å². The van der Waals surface area contributed by atoms with Gasteiger partial charge >= 0.3 is 5.97 Å². The minimum absolute atomic E-state index is 0.216. The summed E-state index contributed by atoms with van der Waals surface area (Å²) in [6.45, 7) is 2.62. The van der Waals surface area contributed by atoms with Crippen molar-refractivity contribution in [2.45, 2.75) is 25.8 Å². The number of methoxy groups -OCH3 is 1. The smallest absolute Gasteiger partial charge is 0.306 e. The fourth-order valence-corrected chi connectivity index (χ4v) is 1.57. The summed E-state index contributed by atoms with van der Waals surface area (Å²) in [5.41, 5.74) is 1.07. The zero-order valence-corrected chi connectivity index (χ0v) is 10.2. The van der Waals surface area contributed by atoms with E-state index in [0.717, 1.165) is 12.0 Å². The summed E-state index contributed by atoms with van der Waals surface area (Å²) in [5, 5.41) is 3.22. The molecule has 0 radical (unpaired) electrons. The highest BCUT2D eigenvalue weighted by Gasteiger charge is 2.05. The molecular formula is C13H18FNO2. The molecule has 4 heteroatoms. The average molecular weight is 239 g/mol. The van der Waals surface area contributed by atoms with E-state index in [0.29, 0.717) is 13.0 Å². The SMILES string of the molecule is COC(=O)CCNC(C)Cc1ccc(F)cc1.